The highest BCUT2D eigenvalue weighted by molar-refractivity contribution is 5.47. The molecule has 0 aromatic heterocycles. The Morgan fingerprint density at radius 3 is 2.35 bits per heavy atom. The Kier molecular flexibility index (Phi) is 3.40. The molecule has 1 aliphatic rings. The second-order valence-corrected chi connectivity index (χ2v) is 5.37. The van der Waals surface area contributed by atoms with Crippen LogP contribution in [0, 0.1) is 0 Å². The molecule has 0 amide bonds. The largest absolute Gasteiger partial charge is 0.395 e. The van der Waals surface area contributed by atoms with Crippen molar-refractivity contribution in [1.82, 2.24) is 4.90 Å². The van der Waals surface area contributed by atoms with Crippen molar-refractivity contribution in [3.05, 3.63) is 29.8 Å². The Morgan fingerprint density at radius 1 is 1.29 bits per heavy atom. The summed E-state index contributed by atoms with van der Waals surface area (Å²) in [7, 11) is 6.20. The van der Waals surface area contributed by atoms with Gasteiger partial charge >= 0.3 is 0 Å². The minimum Gasteiger partial charge on any atom is -0.395 e. The van der Waals surface area contributed by atoms with Gasteiger partial charge in [0, 0.05) is 31.7 Å². The highest BCUT2D eigenvalue weighted by atomic mass is 16.3. The van der Waals surface area contributed by atoms with Gasteiger partial charge < -0.3 is 14.9 Å². The highest BCUT2D eigenvalue weighted by Gasteiger charge is 2.37. The van der Waals surface area contributed by atoms with Gasteiger partial charge in [-0.1, -0.05) is 12.1 Å². The second-order valence-electron chi connectivity index (χ2n) is 5.37. The zero-order valence-electron chi connectivity index (χ0n) is 11.0. The number of rotatable bonds is 3. The van der Waals surface area contributed by atoms with Crippen molar-refractivity contribution < 1.29 is 5.11 Å². The quantitative estimate of drug-likeness (QED) is 0.854. The number of anilines is 1. The maximum absolute atomic E-state index is 9.73. The van der Waals surface area contributed by atoms with Crippen LogP contribution in [0.5, 0.6) is 0 Å². The van der Waals surface area contributed by atoms with E-state index in [1.807, 2.05) is 14.1 Å². The van der Waals surface area contributed by atoms with Crippen molar-refractivity contribution >= 4 is 5.69 Å². The number of benzene rings is 1. The number of aliphatic hydroxyl groups excluding tert-OH is 1. The first-order valence-corrected chi connectivity index (χ1v) is 6.15. The van der Waals surface area contributed by atoms with Crippen molar-refractivity contribution in [2.75, 3.05) is 45.7 Å². The van der Waals surface area contributed by atoms with Crippen LogP contribution < -0.4 is 4.90 Å². The van der Waals surface area contributed by atoms with Gasteiger partial charge in [0.25, 0.3) is 0 Å². The molecule has 1 N–H and O–H groups in total. The summed E-state index contributed by atoms with van der Waals surface area (Å²) >= 11 is 0. The Morgan fingerprint density at radius 2 is 1.94 bits per heavy atom. The lowest BCUT2D eigenvalue weighted by atomic mass is 9.80. The number of nitrogens with zero attached hydrogens (tertiary/aromatic N) is 2. The average molecular weight is 234 g/mol. The van der Waals surface area contributed by atoms with Crippen molar-refractivity contribution in [3.63, 3.8) is 0 Å². The topological polar surface area (TPSA) is 26.7 Å². The lowest BCUT2D eigenvalue weighted by molar-refractivity contribution is 0.195. The smallest absolute Gasteiger partial charge is 0.0540 e. The molecule has 0 saturated carbocycles. The third-order valence-electron chi connectivity index (χ3n) is 3.84. The molecule has 1 unspecified atom stereocenters. The van der Waals surface area contributed by atoms with Gasteiger partial charge in [0.05, 0.1) is 6.61 Å². The van der Waals surface area contributed by atoms with Crippen molar-refractivity contribution in [3.8, 4) is 0 Å². The summed E-state index contributed by atoms with van der Waals surface area (Å²) in [5, 5.41) is 9.73. The Bertz CT molecular complexity index is 374. The molecule has 2 rings (SSSR count). The normalized spacial score (nSPS) is 25.2. The Hall–Kier alpha value is -1.06. The molecular weight excluding hydrogens is 212 g/mol. The molecular formula is C14H22N2O. The molecule has 1 heterocycles. The van der Waals surface area contributed by atoms with E-state index in [1.165, 1.54) is 11.3 Å². The van der Waals surface area contributed by atoms with Crippen molar-refractivity contribution in [2.45, 2.75) is 11.8 Å². The Labute approximate surface area is 104 Å². The van der Waals surface area contributed by atoms with Crippen LogP contribution in [-0.4, -0.2) is 50.8 Å². The number of likely N-dealkylation sites (N-methyl/N-ethyl adjacent to an activating group) is 1. The number of likely N-dealkylation sites (tertiary alicyclic amines) is 1. The van der Waals surface area contributed by atoms with Gasteiger partial charge in [-0.2, -0.15) is 0 Å². The minimum absolute atomic E-state index is 0.0560. The summed E-state index contributed by atoms with van der Waals surface area (Å²) in [6.45, 7) is 2.25. The maximum Gasteiger partial charge on any atom is 0.0540 e. The monoisotopic (exact) mass is 234 g/mol. The summed E-state index contributed by atoms with van der Waals surface area (Å²) in [6, 6.07) is 8.57. The molecule has 0 bridgehead atoms. The molecule has 0 radical (unpaired) electrons. The molecule has 0 spiro atoms. The molecule has 3 nitrogen and oxygen atoms in total. The molecule has 1 fully saturated rings. The number of hydrogen-bond acceptors (Lipinski definition) is 3. The van der Waals surface area contributed by atoms with Crippen LogP contribution in [0.1, 0.15) is 12.0 Å². The maximum atomic E-state index is 9.73. The minimum atomic E-state index is -0.0560. The first-order valence-electron chi connectivity index (χ1n) is 6.15. The molecule has 0 aliphatic carbocycles. The van der Waals surface area contributed by atoms with Crippen LogP contribution in [0.25, 0.3) is 0 Å². The van der Waals surface area contributed by atoms with E-state index in [4.69, 9.17) is 0 Å². The molecule has 1 aromatic rings. The fourth-order valence-electron chi connectivity index (χ4n) is 2.65. The van der Waals surface area contributed by atoms with Crippen LogP contribution >= 0.6 is 0 Å². The van der Waals surface area contributed by atoms with E-state index in [1.54, 1.807) is 0 Å². The van der Waals surface area contributed by atoms with E-state index in [0.717, 1.165) is 19.5 Å². The SMILES string of the molecule is CN1CCC(CO)(c2ccc(N(C)C)cc2)C1. The predicted molar refractivity (Wildman–Crippen MR) is 71.6 cm³/mol. The summed E-state index contributed by atoms with van der Waals surface area (Å²) in [4.78, 5) is 4.38. The average Bonchev–Trinajstić information content (AvgIpc) is 2.72. The van der Waals surface area contributed by atoms with Gasteiger partial charge in [-0.3, -0.25) is 0 Å². The van der Waals surface area contributed by atoms with Crippen molar-refractivity contribution in [2.24, 2.45) is 0 Å². The summed E-state index contributed by atoms with van der Waals surface area (Å²) in [5.74, 6) is 0. The molecule has 3 heteroatoms. The van der Waals surface area contributed by atoms with E-state index >= 15 is 0 Å². The van der Waals surface area contributed by atoms with E-state index in [2.05, 4.69) is 41.1 Å². The standard InChI is InChI=1S/C14H22N2O/c1-15(2)13-6-4-12(5-7-13)14(11-17)8-9-16(3)10-14/h4-7,17H,8-11H2,1-3H3. The molecule has 1 atom stereocenters. The first-order chi connectivity index (χ1) is 8.07. The van der Waals surface area contributed by atoms with E-state index < -0.39 is 0 Å². The lowest BCUT2D eigenvalue weighted by Gasteiger charge is -2.27. The third-order valence-corrected chi connectivity index (χ3v) is 3.84. The summed E-state index contributed by atoms with van der Waals surface area (Å²) < 4.78 is 0. The van der Waals surface area contributed by atoms with Gasteiger partial charge in [0.15, 0.2) is 0 Å². The number of hydrogen-bond donors (Lipinski definition) is 1. The zero-order chi connectivity index (χ0) is 12.5. The lowest BCUT2D eigenvalue weighted by Crippen LogP contribution is -2.33. The molecule has 1 aromatic carbocycles. The van der Waals surface area contributed by atoms with Crippen LogP contribution in [-0.2, 0) is 5.41 Å². The fraction of sp³-hybridized carbons (Fsp3) is 0.571. The Balaban J connectivity index is 2.26. The van der Waals surface area contributed by atoms with E-state index in [-0.39, 0.29) is 12.0 Å². The van der Waals surface area contributed by atoms with Gasteiger partial charge in [-0.25, -0.2) is 0 Å². The van der Waals surface area contributed by atoms with Crippen LogP contribution in [0.2, 0.25) is 0 Å². The van der Waals surface area contributed by atoms with Gasteiger partial charge in [-0.15, -0.1) is 0 Å². The number of aliphatic hydroxyl groups is 1. The van der Waals surface area contributed by atoms with Gasteiger partial charge in [0.1, 0.15) is 0 Å². The molecule has 94 valence electrons. The van der Waals surface area contributed by atoms with Gasteiger partial charge in [-0.05, 0) is 37.7 Å². The second kappa shape index (κ2) is 4.67. The van der Waals surface area contributed by atoms with Crippen LogP contribution in [0.3, 0.4) is 0 Å². The third kappa shape index (κ3) is 2.31. The summed E-state index contributed by atoms with van der Waals surface area (Å²) in [5.41, 5.74) is 2.41. The van der Waals surface area contributed by atoms with Gasteiger partial charge in [0.2, 0.25) is 0 Å². The van der Waals surface area contributed by atoms with Crippen LogP contribution in [0.15, 0.2) is 24.3 Å². The van der Waals surface area contributed by atoms with E-state index in [9.17, 15) is 5.11 Å². The molecule has 1 saturated heterocycles. The van der Waals surface area contributed by atoms with Crippen molar-refractivity contribution in [1.29, 1.82) is 0 Å². The summed E-state index contributed by atoms with van der Waals surface area (Å²) in [6.07, 6.45) is 1.04. The first kappa shape index (κ1) is 12.4. The predicted octanol–water partition coefficient (Wildman–Crippen LogP) is 1.32. The highest BCUT2D eigenvalue weighted by Crippen LogP contribution is 2.34. The van der Waals surface area contributed by atoms with E-state index in [0.29, 0.717) is 0 Å². The molecule has 17 heavy (non-hydrogen) atoms. The van der Waals surface area contributed by atoms with Crippen LogP contribution in [0.4, 0.5) is 5.69 Å². The zero-order valence-corrected chi connectivity index (χ0v) is 11.0. The molecule has 1 aliphatic heterocycles. The fourth-order valence-corrected chi connectivity index (χ4v) is 2.65.